The zero-order chi connectivity index (χ0) is 10.7. The van der Waals surface area contributed by atoms with Crippen LogP contribution in [0.3, 0.4) is 0 Å². The lowest BCUT2D eigenvalue weighted by atomic mass is 10.1. The van der Waals surface area contributed by atoms with Gasteiger partial charge in [0.05, 0.1) is 4.47 Å². The summed E-state index contributed by atoms with van der Waals surface area (Å²) in [4.78, 5) is 11.0. The standard InChI is InChI=1S/C9H7BrF2O2/c1-5(13)6-3-2-4-7(8(6)10)14-9(11)12/h2-4,9H,1H3. The first-order valence-corrected chi connectivity index (χ1v) is 4.56. The minimum Gasteiger partial charge on any atom is -0.434 e. The number of halogens is 3. The summed E-state index contributed by atoms with van der Waals surface area (Å²) in [7, 11) is 0. The molecule has 0 unspecified atom stereocenters. The fourth-order valence-corrected chi connectivity index (χ4v) is 1.61. The third-order valence-corrected chi connectivity index (χ3v) is 2.38. The van der Waals surface area contributed by atoms with Crippen molar-refractivity contribution in [2.24, 2.45) is 0 Å². The average molecular weight is 265 g/mol. The molecule has 0 aliphatic rings. The highest BCUT2D eigenvalue weighted by Gasteiger charge is 2.13. The molecule has 14 heavy (non-hydrogen) atoms. The summed E-state index contributed by atoms with van der Waals surface area (Å²) in [5.74, 6) is -0.246. The van der Waals surface area contributed by atoms with Gasteiger partial charge in [-0.3, -0.25) is 4.79 Å². The Kier molecular flexibility index (Phi) is 3.57. The van der Waals surface area contributed by atoms with E-state index in [1.165, 1.54) is 25.1 Å². The van der Waals surface area contributed by atoms with Crippen LogP contribution in [0.1, 0.15) is 17.3 Å². The van der Waals surface area contributed by atoms with Crippen LogP contribution in [-0.4, -0.2) is 12.4 Å². The van der Waals surface area contributed by atoms with E-state index in [2.05, 4.69) is 20.7 Å². The van der Waals surface area contributed by atoms with Crippen LogP contribution >= 0.6 is 15.9 Å². The van der Waals surface area contributed by atoms with Crippen LogP contribution in [0.25, 0.3) is 0 Å². The Labute approximate surface area is 88.0 Å². The van der Waals surface area contributed by atoms with E-state index in [0.717, 1.165) is 0 Å². The van der Waals surface area contributed by atoms with E-state index < -0.39 is 6.61 Å². The van der Waals surface area contributed by atoms with Crippen molar-refractivity contribution < 1.29 is 18.3 Å². The lowest BCUT2D eigenvalue weighted by molar-refractivity contribution is -0.0504. The summed E-state index contributed by atoms with van der Waals surface area (Å²) in [6.07, 6.45) is 0. The molecule has 0 aromatic heterocycles. The molecule has 1 aromatic carbocycles. The predicted molar refractivity (Wildman–Crippen MR) is 50.8 cm³/mol. The molecule has 1 aromatic rings. The second kappa shape index (κ2) is 4.50. The van der Waals surface area contributed by atoms with Crippen molar-refractivity contribution in [2.45, 2.75) is 13.5 Å². The van der Waals surface area contributed by atoms with Gasteiger partial charge in [0.15, 0.2) is 5.78 Å². The van der Waals surface area contributed by atoms with Crippen LogP contribution in [0, 0.1) is 0 Å². The molecule has 0 fully saturated rings. The molecule has 2 nitrogen and oxygen atoms in total. The molecule has 0 atom stereocenters. The second-order valence-electron chi connectivity index (χ2n) is 2.55. The van der Waals surface area contributed by atoms with Crippen molar-refractivity contribution in [3.8, 4) is 5.75 Å². The Bertz CT molecular complexity index is 353. The van der Waals surface area contributed by atoms with Gasteiger partial charge >= 0.3 is 6.61 Å². The van der Waals surface area contributed by atoms with Crippen LogP contribution in [-0.2, 0) is 0 Å². The highest BCUT2D eigenvalue weighted by atomic mass is 79.9. The normalized spacial score (nSPS) is 10.4. The number of ether oxygens (including phenoxy) is 1. The van der Waals surface area contributed by atoms with Gasteiger partial charge in [0.25, 0.3) is 0 Å². The largest absolute Gasteiger partial charge is 0.434 e. The maximum Gasteiger partial charge on any atom is 0.387 e. The van der Waals surface area contributed by atoms with E-state index in [-0.39, 0.29) is 16.0 Å². The SMILES string of the molecule is CC(=O)c1cccc(OC(F)F)c1Br. The van der Waals surface area contributed by atoms with Crippen LogP contribution < -0.4 is 4.74 Å². The number of benzene rings is 1. The molecular formula is C9H7BrF2O2. The minimum absolute atomic E-state index is 0.0345. The fraction of sp³-hybridized carbons (Fsp3) is 0.222. The maximum absolute atomic E-state index is 11.9. The number of hydrogen-bond acceptors (Lipinski definition) is 2. The molecule has 0 saturated carbocycles. The summed E-state index contributed by atoms with van der Waals surface area (Å²) in [5, 5.41) is 0. The minimum atomic E-state index is -2.89. The second-order valence-corrected chi connectivity index (χ2v) is 3.35. The Morgan fingerprint density at radius 2 is 2.14 bits per heavy atom. The summed E-state index contributed by atoms with van der Waals surface area (Å²) >= 11 is 3.03. The quantitative estimate of drug-likeness (QED) is 0.784. The zero-order valence-corrected chi connectivity index (χ0v) is 8.85. The molecule has 1 rings (SSSR count). The topological polar surface area (TPSA) is 26.3 Å². The molecule has 0 N–H and O–H groups in total. The summed E-state index contributed by atoms with van der Waals surface area (Å²) in [6, 6.07) is 4.38. The van der Waals surface area contributed by atoms with E-state index in [1.807, 2.05) is 0 Å². The monoisotopic (exact) mass is 264 g/mol. The molecule has 0 radical (unpaired) electrons. The van der Waals surface area contributed by atoms with Gasteiger partial charge in [0.1, 0.15) is 5.75 Å². The van der Waals surface area contributed by atoms with Crippen molar-refractivity contribution in [2.75, 3.05) is 0 Å². The number of rotatable bonds is 3. The third kappa shape index (κ3) is 2.51. The molecule has 76 valence electrons. The number of ketones is 1. The van der Waals surface area contributed by atoms with E-state index in [4.69, 9.17) is 0 Å². The van der Waals surface area contributed by atoms with Crippen molar-refractivity contribution in [1.82, 2.24) is 0 Å². The number of carbonyl (C=O) groups excluding carboxylic acids is 1. The molecule has 0 spiro atoms. The summed E-state index contributed by atoms with van der Waals surface area (Å²) in [6.45, 7) is -1.54. The Hall–Kier alpha value is -0.970. The Balaban J connectivity index is 3.07. The highest BCUT2D eigenvalue weighted by molar-refractivity contribution is 9.10. The number of alkyl halides is 2. The first-order valence-electron chi connectivity index (χ1n) is 3.76. The molecule has 0 amide bonds. The smallest absolute Gasteiger partial charge is 0.387 e. The van der Waals surface area contributed by atoms with Crippen LogP contribution in [0.4, 0.5) is 8.78 Å². The Morgan fingerprint density at radius 3 is 2.64 bits per heavy atom. The van der Waals surface area contributed by atoms with Gasteiger partial charge in [-0.05, 0) is 28.9 Å². The van der Waals surface area contributed by atoms with Gasteiger partial charge in [-0.1, -0.05) is 12.1 Å². The molecule has 0 saturated heterocycles. The predicted octanol–water partition coefficient (Wildman–Crippen LogP) is 3.25. The van der Waals surface area contributed by atoms with Crippen molar-refractivity contribution in [1.29, 1.82) is 0 Å². The third-order valence-electron chi connectivity index (χ3n) is 1.56. The molecule has 0 aliphatic carbocycles. The highest BCUT2D eigenvalue weighted by Crippen LogP contribution is 2.29. The van der Waals surface area contributed by atoms with Crippen molar-refractivity contribution in [3.05, 3.63) is 28.2 Å². The summed E-state index contributed by atoms with van der Waals surface area (Å²) in [5.41, 5.74) is 0.322. The number of carbonyl (C=O) groups is 1. The van der Waals surface area contributed by atoms with Gasteiger partial charge < -0.3 is 4.74 Å². The van der Waals surface area contributed by atoms with Gasteiger partial charge in [-0.25, -0.2) is 0 Å². The van der Waals surface area contributed by atoms with Crippen LogP contribution in [0.5, 0.6) is 5.75 Å². The van der Waals surface area contributed by atoms with Crippen molar-refractivity contribution >= 4 is 21.7 Å². The van der Waals surface area contributed by atoms with E-state index in [0.29, 0.717) is 5.56 Å². The number of Topliss-reactive ketones (excluding diaryl/α,β-unsaturated/α-hetero) is 1. The van der Waals surface area contributed by atoms with Gasteiger partial charge in [0.2, 0.25) is 0 Å². The van der Waals surface area contributed by atoms with Crippen LogP contribution in [0.15, 0.2) is 22.7 Å². The molecule has 5 heteroatoms. The fourth-order valence-electron chi connectivity index (χ4n) is 0.970. The van der Waals surface area contributed by atoms with E-state index in [9.17, 15) is 13.6 Å². The lowest BCUT2D eigenvalue weighted by Crippen LogP contribution is -2.04. The van der Waals surface area contributed by atoms with Crippen molar-refractivity contribution in [3.63, 3.8) is 0 Å². The Morgan fingerprint density at radius 1 is 1.50 bits per heavy atom. The van der Waals surface area contributed by atoms with Gasteiger partial charge in [-0.2, -0.15) is 8.78 Å². The van der Waals surface area contributed by atoms with Gasteiger partial charge in [0, 0.05) is 5.56 Å². The van der Waals surface area contributed by atoms with Gasteiger partial charge in [-0.15, -0.1) is 0 Å². The first-order chi connectivity index (χ1) is 6.52. The number of hydrogen-bond donors (Lipinski definition) is 0. The molecular weight excluding hydrogens is 258 g/mol. The van der Waals surface area contributed by atoms with E-state index >= 15 is 0 Å². The summed E-state index contributed by atoms with van der Waals surface area (Å²) < 4.78 is 28.3. The zero-order valence-electron chi connectivity index (χ0n) is 7.26. The first kappa shape index (κ1) is 11.1. The molecule has 0 aliphatic heterocycles. The van der Waals surface area contributed by atoms with E-state index in [1.54, 1.807) is 0 Å². The molecule has 0 bridgehead atoms. The van der Waals surface area contributed by atoms with Crippen LogP contribution in [0.2, 0.25) is 0 Å². The lowest BCUT2D eigenvalue weighted by Gasteiger charge is -2.08. The average Bonchev–Trinajstić information content (AvgIpc) is 2.07. The molecule has 0 heterocycles. The maximum atomic E-state index is 11.9.